The van der Waals surface area contributed by atoms with E-state index in [2.05, 4.69) is 10.1 Å². The highest BCUT2D eigenvalue weighted by atomic mass is 32.2. The number of carbonyl (C=O) groups is 1. The van der Waals surface area contributed by atoms with Crippen LogP contribution in [0, 0.1) is 0 Å². The van der Waals surface area contributed by atoms with Gasteiger partial charge in [-0.05, 0) is 62.4 Å². The van der Waals surface area contributed by atoms with Gasteiger partial charge in [0.1, 0.15) is 16.5 Å². The summed E-state index contributed by atoms with van der Waals surface area (Å²) < 4.78 is 22.5. The maximum Gasteiger partial charge on any atom is 0.264 e. The lowest BCUT2D eigenvalue weighted by Crippen LogP contribution is -2.49. The first kappa shape index (κ1) is 24.8. The Hall–Kier alpha value is -2.82. The molecule has 1 aliphatic rings. The minimum Gasteiger partial charge on any atom is -0.392 e. The zero-order valence-electron chi connectivity index (χ0n) is 19.1. The van der Waals surface area contributed by atoms with E-state index in [1.807, 2.05) is 36.4 Å². The Labute approximate surface area is 193 Å². The van der Waals surface area contributed by atoms with Gasteiger partial charge in [-0.3, -0.25) is 15.0 Å². The predicted octanol–water partition coefficient (Wildman–Crippen LogP) is 2.56. The maximum atomic E-state index is 12.1. The van der Waals surface area contributed by atoms with E-state index < -0.39 is 26.1 Å². The molecule has 2 heterocycles. The number of pyridine rings is 1. The zero-order chi connectivity index (χ0) is 24.4. The normalized spacial score (nSPS) is 18.2. The highest BCUT2D eigenvalue weighted by molar-refractivity contribution is 7.92. The van der Waals surface area contributed by atoms with Gasteiger partial charge in [-0.15, -0.1) is 0 Å². The van der Waals surface area contributed by atoms with Crippen LogP contribution in [0.1, 0.15) is 51.3 Å². The van der Waals surface area contributed by atoms with Gasteiger partial charge >= 0.3 is 0 Å². The number of rotatable bonds is 8. The van der Waals surface area contributed by atoms with E-state index >= 15 is 0 Å². The molecule has 0 fully saturated rings. The Morgan fingerprint density at radius 3 is 2.36 bits per heavy atom. The SMILES string of the molecule is CC(C)(O)c1cc(-c2ccc(C3=NO[C@@H](CC[C@](C)(C(=O)NO)S(C)(=O)=O)C3)cc2)ccn1. The molecule has 1 aromatic carbocycles. The summed E-state index contributed by atoms with van der Waals surface area (Å²) in [6.07, 6.45) is 2.99. The quantitative estimate of drug-likeness (QED) is 0.394. The Bertz CT molecular complexity index is 1160. The van der Waals surface area contributed by atoms with Gasteiger partial charge < -0.3 is 9.94 Å². The van der Waals surface area contributed by atoms with Gasteiger partial charge in [-0.1, -0.05) is 29.4 Å². The van der Waals surface area contributed by atoms with Gasteiger partial charge in [0, 0.05) is 18.9 Å². The van der Waals surface area contributed by atoms with Crippen LogP contribution in [0.4, 0.5) is 0 Å². The van der Waals surface area contributed by atoms with Crippen molar-refractivity contribution in [2.75, 3.05) is 6.26 Å². The molecule has 0 bridgehead atoms. The minimum atomic E-state index is -3.76. The molecule has 1 amide bonds. The van der Waals surface area contributed by atoms with Gasteiger partial charge in [0.25, 0.3) is 5.91 Å². The van der Waals surface area contributed by atoms with E-state index in [1.54, 1.807) is 20.0 Å². The van der Waals surface area contributed by atoms with Crippen LogP contribution in [0.3, 0.4) is 0 Å². The number of nitrogens with one attached hydrogen (secondary N) is 1. The third kappa shape index (κ3) is 5.40. The summed E-state index contributed by atoms with van der Waals surface area (Å²) in [7, 11) is -3.76. The zero-order valence-corrected chi connectivity index (χ0v) is 19.9. The van der Waals surface area contributed by atoms with E-state index in [4.69, 9.17) is 10.0 Å². The molecule has 2 aromatic rings. The standard InChI is InChI=1S/C23H29N3O6S/c1-22(2,28)20-13-17(10-12-24-20)15-5-7-16(8-6-15)19-14-18(32-26-19)9-11-23(3,21(27)25-29)33(4,30)31/h5-8,10,12-13,18,28-29H,9,11,14H2,1-4H3,(H,25,27)/t18-,23+/m0/s1. The maximum absolute atomic E-state index is 12.1. The fourth-order valence-electron chi connectivity index (χ4n) is 3.58. The molecular weight excluding hydrogens is 446 g/mol. The van der Waals surface area contributed by atoms with Gasteiger partial charge in [0.2, 0.25) is 0 Å². The van der Waals surface area contributed by atoms with Crippen molar-refractivity contribution in [3.8, 4) is 11.1 Å². The topological polar surface area (TPSA) is 138 Å². The van der Waals surface area contributed by atoms with E-state index in [1.165, 1.54) is 12.4 Å². The van der Waals surface area contributed by atoms with Gasteiger partial charge in [-0.25, -0.2) is 13.9 Å². The number of aliphatic hydroxyl groups is 1. The summed E-state index contributed by atoms with van der Waals surface area (Å²) in [5.41, 5.74) is 4.48. The number of carbonyl (C=O) groups excluding carboxylic acids is 1. The number of amides is 1. The van der Waals surface area contributed by atoms with Crippen molar-refractivity contribution < 1.29 is 28.4 Å². The highest BCUT2D eigenvalue weighted by Gasteiger charge is 2.44. The smallest absolute Gasteiger partial charge is 0.264 e. The Morgan fingerprint density at radius 2 is 1.79 bits per heavy atom. The molecule has 3 rings (SSSR count). The average Bonchev–Trinajstić information content (AvgIpc) is 3.25. The summed E-state index contributed by atoms with van der Waals surface area (Å²) in [5, 5.41) is 23.3. The lowest BCUT2D eigenvalue weighted by atomic mass is 9.96. The van der Waals surface area contributed by atoms with Crippen molar-refractivity contribution in [1.82, 2.24) is 10.5 Å². The number of hydrogen-bond acceptors (Lipinski definition) is 8. The molecule has 1 aromatic heterocycles. The van der Waals surface area contributed by atoms with Crippen molar-refractivity contribution in [2.24, 2.45) is 5.16 Å². The molecule has 33 heavy (non-hydrogen) atoms. The number of benzene rings is 1. The van der Waals surface area contributed by atoms with Crippen molar-refractivity contribution in [3.63, 3.8) is 0 Å². The summed E-state index contributed by atoms with van der Waals surface area (Å²) >= 11 is 0. The lowest BCUT2D eigenvalue weighted by Gasteiger charge is -2.25. The fourth-order valence-corrected chi connectivity index (χ4v) is 4.45. The lowest BCUT2D eigenvalue weighted by molar-refractivity contribution is -0.131. The van der Waals surface area contributed by atoms with Crippen molar-refractivity contribution >= 4 is 21.5 Å². The molecular formula is C23H29N3O6S. The monoisotopic (exact) mass is 475 g/mol. The molecule has 0 saturated heterocycles. The largest absolute Gasteiger partial charge is 0.392 e. The van der Waals surface area contributed by atoms with E-state index in [9.17, 15) is 18.3 Å². The fraction of sp³-hybridized carbons (Fsp3) is 0.435. The van der Waals surface area contributed by atoms with Crippen molar-refractivity contribution in [2.45, 2.75) is 56.5 Å². The Balaban J connectivity index is 1.67. The van der Waals surface area contributed by atoms with Crippen LogP contribution in [0.25, 0.3) is 11.1 Å². The second-order valence-corrected chi connectivity index (χ2v) is 11.5. The summed E-state index contributed by atoms with van der Waals surface area (Å²) in [6.45, 7) is 4.66. The number of aromatic nitrogens is 1. The van der Waals surface area contributed by atoms with Crippen LogP contribution in [0.5, 0.6) is 0 Å². The summed E-state index contributed by atoms with van der Waals surface area (Å²) in [4.78, 5) is 21.7. The summed E-state index contributed by atoms with van der Waals surface area (Å²) in [5.74, 6) is -0.969. The molecule has 9 nitrogen and oxygen atoms in total. The van der Waals surface area contributed by atoms with Crippen LogP contribution in [-0.2, 0) is 25.1 Å². The van der Waals surface area contributed by atoms with Crippen LogP contribution < -0.4 is 5.48 Å². The van der Waals surface area contributed by atoms with Crippen LogP contribution in [0.2, 0.25) is 0 Å². The molecule has 0 aliphatic carbocycles. The molecule has 10 heteroatoms. The van der Waals surface area contributed by atoms with Crippen molar-refractivity contribution in [3.05, 3.63) is 53.9 Å². The molecule has 0 unspecified atom stereocenters. The van der Waals surface area contributed by atoms with Gasteiger partial charge in [0.15, 0.2) is 9.84 Å². The summed E-state index contributed by atoms with van der Waals surface area (Å²) in [6, 6.07) is 11.5. The number of hydrogen-bond donors (Lipinski definition) is 3. The van der Waals surface area contributed by atoms with E-state index in [0.29, 0.717) is 12.1 Å². The third-order valence-corrected chi connectivity index (χ3v) is 8.04. The van der Waals surface area contributed by atoms with Crippen molar-refractivity contribution in [1.29, 1.82) is 0 Å². The first-order valence-electron chi connectivity index (χ1n) is 10.5. The second-order valence-electron chi connectivity index (χ2n) is 9.02. The molecule has 178 valence electrons. The van der Waals surface area contributed by atoms with E-state index in [-0.39, 0.29) is 18.9 Å². The van der Waals surface area contributed by atoms with E-state index in [0.717, 1.165) is 28.7 Å². The average molecular weight is 476 g/mol. The van der Waals surface area contributed by atoms with Gasteiger partial charge in [-0.2, -0.15) is 0 Å². The third-order valence-electron chi connectivity index (χ3n) is 6.01. The molecule has 1 aliphatic heterocycles. The first-order chi connectivity index (χ1) is 15.3. The van der Waals surface area contributed by atoms with Gasteiger partial charge in [0.05, 0.1) is 11.4 Å². The molecule has 0 radical (unpaired) electrons. The predicted molar refractivity (Wildman–Crippen MR) is 123 cm³/mol. The number of oxime groups is 1. The first-order valence-corrected chi connectivity index (χ1v) is 12.4. The van der Waals surface area contributed by atoms with Crippen LogP contribution in [0.15, 0.2) is 47.8 Å². The van der Waals surface area contributed by atoms with Crippen LogP contribution in [-0.4, -0.2) is 52.4 Å². The second kappa shape index (κ2) is 9.20. The highest BCUT2D eigenvalue weighted by Crippen LogP contribution is 2.29. The number of hydroxylamine groups is 1. The Morgan fingerprint density at radius 1 is 1.15 bits per heavy atom. The number of nitrogens with zero attached hydrogens (tertiary/aromatic N) is 2. The Kier molecular flexibility index (Phi) is 6.92. The molecule has 0 spiro atoms. The molecule has 3 N–H and O–H groups in total. The number of sulfone groups is 1. The van der Waals surface area contributed by atoms with Crippen LogP contribution >= 0.6 is 0 Å². The molecule has 2 atom stereocenters. The molecule has 0 saturated carbocycles. The minimum absolute atomic E-state index is 0.0176.